The zero-order valence-corrected chi connectivity index (χ0v) is 13.0. The molecule has 5 heteroatoms. The minimum absolute atomic E-state index is 0.0375. The molecule has 5 nitrogen and oxygen atoms in total. The molecule has 1 N–H and O–H groups in total. The van der Waals surface area contributed by atoms with Gasteiger partial charge < -0.3 is 19.7 Å². The van der Waals surface area contributed by atoms with Crippen LogP contribution in [0.1, 0.15) is 25.0 Å². The Labute approximate surface area is 131 Å². The van der Waals surface area contributed by atoms with Crippen molar-refractivity contribution in [1.82, 2.24) is 10.2 Å². The van der Waals surface area contributed by atoms with Crippen LogP contribution in [0, 0.1) is 0 Å². The zero-order valence-electron chi connectivity index (χ0n) is 13.0. The summed E-state index contributed by atoms with van der Waals surface area (Å²) in [5.41, 5.74) is 1.13. The third-order valence-corrected chi connectivity index (χ3v) is 4.20. The molecule has 3 atom stereocenters. The van der Waals surface area contributed by atoms with Crippen molar-refractivity contribution in [1.29, 1.82) is 0 Å². The van der Waals surface area contributed by atoms with E-state index in [1.165, 1.54) is 0 Å². The molecular formula is C17H24N2O3. The van der Waals surface area contributed by atoms with Crippen molar-refractivity contribution in [2.75, 3.05) is 32.8 Å². The highest BCUT2D eigenvalue weighted by Crippen LogP contribution is 2.25. The Morgan fingerprint density at radius 2 is 2.14 bits per heavy atom. The van der Waals surface area contributed by atoms with Crippen LogP contribution in [0.5, 0.6) is 0 Å². The Kier molecular flexibility index (Phi) is 5.08. The van der Waals surface area contributed by atoms with E-state index < -0.39 is 0 Å². The maximum Gasteiger partial charge on any atom is 0.224 e. The van der Waals surface area contributed by atoms with Crippen LogP contribution in [0.3, 0.4) is 0 Å². The highest BCUT2D eigenvalue weighted by atomic mass is 16.5. The number of rotatable bonds is 3. The van der Waals surface area contributed by atoms with Crippen LogP contribution >= 0.6 is 0 Å². The third kappa shape index (κ3) is 3.85. The number of benzene rings is 1. The first kappa shape index (κ1) is 15.5. The van der Waals surface area contributed by atoms with Crippen LogP contribution in [0.4, 0.5) is 0 Å². The summed E-state index contributed by atoms with van der Waals surface area (Å²) in [4.78, 5) is 14.5. The molecule has 0 saturated carbocycles. The van der Waals surface area contributed by atoms with Gasteiger partial charge in [-0.05, 0) is 12.5 Å². The summed E-state index contributed by atoms with van der Waals surface area (Å²) in [7, 11) is 0. The third-order valence-electron chi connectivity index (χ3n) is 4.20. The molecule has 0 spiro atoms. The minimum Gasteiger partial charge on any atom is -0.378 e. The molecule has 2 aliphatic heterocycles. The van der Waals surface area contributed by atoms with E-state index in [4.69, 9.17) is 9.47 Å². The predicted octanol–water partition coefficient (Wildman–Crippen LogP) is 1.35. The van der Waals surface area contributed by atoms with Gasteiger partial charge in [0.2, 0.25) is 5.91 Å². The Hall–Kier alpha value is -1.43. The number of ether oxygens (including phenoxy) is 2. The van der Waals surface area contributed by atoms with Crippen molar-refractivity contribution in [3.05, 3.63) is 35.9 Å². The number of hydrogen-bond acceptors (Lipinski definition) is 4. The Morgan fingerprint density at radius 1 is 1.32 bits per heavy atom. The number of nitrogens with one attached hydrogen (secondary N) is 1. The number of amides is 1. The number of nitrogens with zero attached hydrogens (tertiary/aromatic N) is 1. The molecule has 0 aliphatic carbocycles. The molecule has 1 aromatic carbocycles. The second-order valence-corrected chi connectivity index (χ2v) is 6.07. The van der Waals surface area contributed by atoms with Crippen molar-refractivity contribution in [3.63, 3.8) is 0 Å². The van der Waals surface area contributed by atoms with E-state index in [1.54, 1.807) is 0 Å². The molecule has 2 saturated heterocycles. The summed E-state index contributed by atoms with van der Waals surface area (Å²) >= 11 is 0. The van der Waals surface area contributed by atoms with Gasteiger partial charge in [-0.25, -0.2) is 0 Å². The Bertz CT molecular complexity index is 488. The van der Waals surface area contributed by atoms with Crippen molar-refractivity contribution < 1.29 is 14.3 Å². The first-order valence-electron chi connectivity index (χ1n) is 8.01. The molecule has 0 radical (unpaired) electrons. The normalized spacial score (nSPS) is 29.3. The standard InChI is InChI=1S/C17H24N2O3/c1-13-10-19(17(20)9-15-12-21-8-7-18-15)11-16(22-13)14-5-3-2-4-6-14/h2-6,13,15-16,18H,7-12H2,1H3. The van der Waals surface area contributed by atoms with Gasteiger partial charge in [-0.2, -0.15) is 0 Å². The van der Waals surface area contributed by atoms with E-state index in [2.05, 4.69) is 17.4 Å². The highest BCUT2D eigenvalue weighted by molar-refractivity contribution is 5.77. The van der Waals surface area contributed by atoms with Crippen LogP contribution in [0.25, 0.3) is 0 Å². The van der Waals surface area contributed by atoms with E-state index in [-0.39, 0.29) is 24.2 Å². The second kappa shape index (κ2) is 7.22. The maximum atomic E-state index is 12.6. The first-order valence-corrected chi connectivity index (χ1v) is 8.01. The molecule has 120 valence electrons. The van der Waals surface area contributed by atoms with Gasteiger partial charge in [0.1, 0.15) is 6.10 Å². The summed E-state index contributed by atoms with van der Waals surface area (Å²) in [6.45, 7) is 5.49. The summed E-state index contributed by atoms with van der Waals surface area (Å²) in [5, 5.41) is 3.34. The zero-order chi connectivity index (χ0) is 15.4. The molecule has 2 fully saturated rings. The quantitative estimate of drug-likeness (QED) is 0.916. The lowest BCUT2D eigenvalue weighted by Gasteiger charge is -2.38. The topological polar surface area (TPSA) is 50.8 Å². The number of morpholine rings is 2. The fourth-order valence-corrected chi connectivity index (χ4v) is 3.10. The van der Waals surface area contributed by atoms with Gasteiger partial charge in [-0.3, -0.25) is 4.79 Å². The van der Waals surface area contributed by atoms with Crippen LogP contribution in [0.15, 0.2) is 30.3 Å². The second-order valence-electron chi connectivity index (χ2n) is 6.07. The Morgan fingerprint density at radius 3 is 2.86 bits per heavy atom. The SMILES string of the molecule is CC1CN(C(=O)CC2COCCN2)CC(c2ccccc2)O1. The van der Waals surface area contributed by atoms with Crippen LogP contribution in [-0.2, 0) is 14.3 Å². The lowest BCUT2D eigenvalue weighted by Crippen LogP contribution is -2.49. The number of carbonyl (C=O) groups is 1. The van der Waals surface area contributed by atoms with Crippen LogP contribution in [0.2, 0.25) is 0 Å². The van der Waals surface area contributed by atoms with Gasteiger partial charge in [0, 0.05) is 25.6 Å². The number of hydrogen-bond donors (Lipinski definition) is 1. The molecule has 0 aromatic heterocycles. The van der Waals surface area contributed by atoms with Gasteiger partial charge in [-0.1, -0.05) is 30.3 Å². The maximum absolute atomic E-state index is 12.6. The van der Waals surface area contributed by atoms with Gasteiger partial charge in [0.05, 0.1) is 25.9 Å². The highest BCUT2D eigenvalue weighted by Gasteiger charge is 2.30. The fraction of sp³-hybridized carbons (Fsp3) is 0.588. The lowest BCUT2D eigenvalue weighted by molar-refractivity contribution is -0.146. The van der Waals surface area contributed by atoms with E-state index in [0.29, 0.717) is 26.1 Å². The van der Waals surface area contributed by atoms with Gasteiger partial charge >= 0.3 is 0 Å². The first-order chi connectivity index (χ1) is 10.7. The van der Waals surface area contributed by atoms with E-state index >= 15 is 0 Å². The van der Waals surface area contributed by atoms with E-state index in [9.17, 15) is 4.79 Å². The number of carbonyl (C=O) groups excluding carboxylic acids is 1. The van der Waals surface area contributed by atoms with Gasteiger partial charge in [-0.15, -0.1) is 0 Å². The largest absolute Gasteiger partial charge is 0.378 e. The monoisotopic (exact) mass is 304 g/mol. The van der Waals surface area contributed by atoms with Crippen LogP contribution in [-0.4, -0.2) is 55.8 Å². The molecule has 2 heterocycles. The molecule has 22 heavy (non-hydrogen) atoms. The summed E-state index contributed by atoms with van der Waals surface area (Å²) in [6.07, 6.45) is 0.511. The molecule has 0 bridgehead atoms. The molecule has 2 aliphatic rings. The van der Waals surface area contributed by atoms with Crippen molar-refractivity contribution in [3.8, 4) is 0 Å². The molecule has 1 aromatic rings. The summed E-state index contributed by atoms with van der Waals surface area (Å²) in [6, 6.07) is 10.3. The smallest absolute Gasteiger partial charge is 0.224 e. The predicted molar refractivity (Wildman–Crippen MR) is 83.5 cm³/mol. The molecular weight excluding hydrogens is 280 g/mol. The average molecular weight is 304 g/mol. The van der Waals surface area contributed by atoms with Crippen LogP contribution < -0.4 is 5.32 Å². The lowest BCUT2D eigenvalue weighted by atomic mass is 10.1. The van der Waals surface area contributed by atoms with Gasteiger partial charge in [0.15, 0.2) is 0 Å². The van der Waals surface area contributed by atoms with Gasteiger partial charge in [0.25, 0.3) is 0 Å². The Balaban J connectivity index is 1.61. The van der Waals surface area contributed by atoms with E-state index in [0.717, 1.165) is 18.7 Å². The summed E-state index contributed by atoms with van der Waals surface area (Å²) < 4.78 is 11.4. The average Bonchev–Trinajstić information content (AvgIpc) is 2.56. The van der Waals surface area contributed by atoms with Crippen molar-refractivity contribution >= 4 is 5.91 Å². The van der Waals surface area contributed by atoms with Crippen molar-refractivity contribution in [2.45, 2.75) is 31.6 Å². The van der Waals surface area contributed by atoms with Crippen molar-refractivity contribution in [2.24, 2.45) is 0 Å². The molecule has 3 rings (SSSR count). The molecule has 1 amide bonds. The summed E-state index contributed by atoms with van der Waals surface area (Å²) in [5.74, 6) is 0.180. The minimum atomic E-state index is -0.0375. The fourth-order valence-electron chi connectivity index (χ4n) is 3.10. The van der Waals surface area contributed by atoms with E-state index in [1.807, 2.05) is 30.0 Å². The molecule has 3 unspecified atom stereocenters.